The molecule has 0 bridgehead atoms. The third kappa shape index (κ3) is 5.34. The Morgan fingerprint density at radius 3 is 2.59 bits per heavy atom. The first-order valence-corrected chi connectivity index (χ1v) is 8.01. The topological polar surface area (TPSA) is 78.7 Å². The summed E-state index contributed by atoms with van der Waals surface area (Å²) in [5.74, 6) is -0.410. The molecule has 6 nitrogen and oxygen atoms in total. The zero-order chi connectivity index (χ0) is 20.0. The Labute approximate surface area is 154 Å². The summed E-state index contributed by atoms with van der Waals surface area (Å²) in [4.78, 5) is 22.7. The summed E-state index contributed by atoms with van der Waals surface area (Å²) < 4.78 is 34.5. The number of hydrogen-bond donors (Lipinski definition) is 0. The van der Waals surface area contributed by atoms with Gasteiger partial charge in [-0.05, 0) is 37.6 Å². The van der Waals surface area contributed by atoms with Crippen molar-refractivity contribution in [2.45, 2.75) is 20.5 Å². The molecular weight excluding hydrogens is 360 g/mol. The minimum Gasteiger partial charge on any atom is -0.490 e. The summed E-state index contributed by atoms with van der Waals surface area (Å²) in [6.07, 6.45) is 2.70. The highest BCUT2D eigenvalue weighted by Gasteiger charge is 2.14. The summed E-state index contributed by atoms with van der Waals surface area (Å²) in [6.45, 7) is 0.548. The normalized spacial score (nSPS) is 11.0. The van der Waals surface area contributed by atoms with Crippen molar-refractivity contribution in [1.82, 2.24) is 0 Å². The number of nitro groups is 1. The lowest BCUT2D eigenvalue weighted by Gasteiger charge is -2.11. The van der Waals surface area contributed by atoms with E-state index in [0.29, 0.717) is 11.1 Å². The number of rotatable bonds is 8. The Kier molecular flexibility index (Phi) is 6.59. The second-order valence-corrected chi connectivity index (χ2v) is 5.47. The van der Waals surface area contributed by atoms with Crippen LogP contribution in [0.15, 0.2) is 42.5 Å². The zero-order valence-corrected chi connectivity index (χ0v) is 14.6. The molecule has 142 valence electrons. The lowest BCUT2D eigenvalue weighted by Crippen LogP contribution is -2.04. The van der Waals surface area contributed by atoms with Crippen molar-refractivity contribution in [3.05, 3.63) is 69.3 Å². The molecule has 2 aromatic rings. The van der Waals surface area contributed by atoms with E-state index in [0.717, 1.165) is 0 Å². The molecule has 2 rings (SSSR count). The van der Waals surface area contributed by atoms with Crippen molar-refractivity contribution >= 4 is 17.5 Å². The molecule has 8 heteroatoms. The largest absolute Gasteiger partial charge is 0.490 e. The highest BCUT2D eigenvalue weighted by Crippen LogP contribution is 2.30. The first kappa shape index (κ1) is 20.0. The van der Waals surface area contributed by atoms with Crippen molar-refractivity contribution in [3.63, 3.8) is 0 Å². The van der Waals surface area contributed by atoms with Gasteiger partial charge >= 0.3 is 6.61 Å². The predicted octanol–water partition coefficient (Wildman–Crippen LogP) is 4.80. The Hall–Kier alpha value is -3.29. The summed E-state index contributed by atoms with van der Waals surface area (Å²) in [7, 11) is 0. The van der Waals surface area contributed by atoms with Gasteiger partial charge in [0.15, 0.2) is 17.3 Å². The Balaban J connectivity index is 2.24. The van der Waals surface area contributed by atoms with Crippen LogP contribution in [-0.4, -0.2) is 23.9 Å². The number of allylic oxidation sites excluding steroid dienone is 1. The fourth-order valence-corrected chi connectivity index (χ4v) is 2.32. The molecule has 0 aromatic heterocycles. The number of ether oxygens (including phenoxy) is 2. The van der Waals surface area contributed by atoms with E-state index in [9.17, 15) is 23.7 Å². The van der Waals surface area contributed by atoms with Crippen LogP contribution in [-0.2, 0) is 0 Å². The minimum absolute atomic E-state index is 0.107. The van der Waals surface area contributed by atoms with E-state index in [1.807, 2.05) is 0 Å². The highest BCUT2D eigenvalue weighted by atomic mass is 19.3. The fourth-order valence-electron chi connectivity index (χ4n) is 2.32. The summed E-state index contributed by atoms with van der Waals surface area (Å²) in [5.41, 5.74) is 1.01. The Bertz CT molecular complexity index is 880. The predicted molar refractivity (Wildman–Crippen MR) is 95.4 cm³/mol. The van der Waals surface area contributed by atoms with Gasteiger partial charge in [-0.2, -0.15) is 8.78 Å². The van der Waals surface area contributed by atoms with E-state index in [1.54, 1.807) is 13.8 Å². The maximum atomic E-state index is 12.4. The van der Waals surface area contributed by atoms with Gasteiger partial charge in [0.25, 0.3) is 5.69 Å². The van der Waals surface area contributed by atoms with E-state index < -0.39 is 17.3 Å². The average molecular weight is 377 g/mol. The van der Waals surface area contributed by atoms with Crippen LogP contribution < -0.4 is 9.47 Å². The van der Waals surface area contributed by atoms with Crippen molar-refractivity contribution in [3.8, 4) is 11.5 Å². The van der Waals surface area contributed by atoms with Crippen molar-refractivity contribution < 1.29 is 28.0 Å². The smallest absolute Gasteiger partial charge is 0.387 e. The molecule has 0 heterocycles. The number of nitro benzene ring substituents is 1. The van der Waals surface area contributed by atoms with Crippen molar-refractivity contribution in [2.24, 2.45) is 0 Å². The number of aryl methyl sites for hydroxylation is 1. The van der Waals surface area contributed by atoms with Gasteiger partial charge in [-0.1, -0.05) is 24.3 Å². The third-order valence-electron chi connectivity index (χ3n) is 3.60. The molecule has 2 aromatic carbocycles. The molecule has 0 N–H and O–H groups in total. The van der Waals surface area contributed by atoms with Gasteiger partial charge in [-0.3, -0.25) is 14.9 Å². The first-order valence-electron chi connectivity index (χ1n) is 8.01. The summed E-state index contributed by atoms with van der Waals surface area (Å²) >= 11 is 0. The zero-order valence-electron chi connectivity index (χ0n) is 14.6. The number of halogens is 2. The van der Waals surface area contributed by atoms with Crippen LogP contribution in [0.3, 0.4) is 0 Å². The van der Waals surface area contributed by atoms with Gasteiger partial charge in [0, 0.05) is 17.2 Å². The van der Waals surface area contributed by atoms with Gasteiger partial charge in [0.05, 0.1) is 11.5 Å². The second-order valence-electron chi connectivity index (χ2n) is 5.47. The van der Waals surface area contributed by atoms with Crippen LogP contribution in [0.4, 0.5) is 14.5 Å². The van der Waals surface area contributed by atoms with Gasteiger partial charge in [0.2, 0.25) is 0 Å². The number of carbonyl (C=O) groups is 1. The maximum absolute atomic E-state index is 12.4. The molecular formula is C19H17F2NO5. The number of alkyl halides is 2. The van der Waals surface area contributed by atoms with Crippen LogP contribution in [0, 0.1) is 17.0 Å². The molecule has 0 aliphatic heterocycles. The Morgan fingerprint density at radius 2 is 1.96 bits per heavy atom. The van der Waals surface area contributed by atoms with Gasteiger partial charge in [-0.15, -0.1) is 0 Å². The van der Waals surface area contributed by atoms with Crippen LogP contribution in [0.2, 0.25) is 0 Å². The number of carbonyl (C=O) groups excluding carboxylic acids is 1. The Morgan fingerprint density at radius 1 is 1.22 bits per heavy atom. The van der Waals surface area contributed by atoms with E-state index in [2.05, 4.69) is 4.74 Å². The van der Waals surface area contributed by atoms with E-state index in [4.69, 9.17) is 4.74 Å². The highest BCUT2D eigenvalue weighted by molar-refractivity contribution is 6.07. The fraction of sp³-hybridized carbons (Fsp3) is 0.211. The van der Waals surface area contributed by atoms with Gasteiger partial charge in [0.1, 0.15) is 0 Å². The molecule has 0 fully saturated rings. The van der Waals surface area contributed by atoms with E-state index >= 15 is 0 Å². The number of nitrogens with zero attached hydrogens (tertiary/aromatic N) is 1. The van der Waals surface area contributed by atoms with Crippen LogP contribution in [0.5, 0.6) is 11.5 Å². The first-order chi connectivity index (χ1) is 12.8. The molecule has 0 aliphatic rings. The monoisotopic (exact) mass is 377 g/mol. The van der Waals surface area contributed by atoms with Gasteiger partial charge < -0.3 is 9.47 Å². The standard InChI is InChI=1S/C19H17F2NO5/c1-3-26-18-10-13(6-9-17(18)27-19(20)21)5-8-16(23)14-7-4-12(2)15(11-14)22(24)25/h4-11,19H,3H2,1-2H3/b8-5+. The molecule has 27 heavy (non-hydrogen) atoms. The summed E-state index contributed by atoms with van der Waals surface area (Å²) in [6, 6.07) is 8.48. The molecule has 0 spiro atoms. The molecule has 0 atom stereocenters. The second kappa shape index (κ2) is 8.88. The average Bonchev–Trinajstić information content (AvgIpc) is 2.61. The molecule has 0 unspecified atom stereocenters. The van der Waals surface area contributed by atoms with E-state index in [1.165, 1.54) is 48.6 Å². The molecule has 0 radical (unpaired) electrons. The SMILES string of the molecule is CCOc1cc(/C=C/C(=O)c2ccc(C)c([N+](=O)[O-])c2)ccc1OC(F)F. The van der Waals surface area contributed by atoms with E-state index in [-0.39, 0.29) is 29.4 Å². The van der Waals surface area contributed by atoms with Crippen molar-refractivity contribution in [2.75, 3.05) is 6.61 Å². The number of benzene rings is 2. The van der Waals surface area contributed by atoms with Gasteiger partial charge in [-0.25, -0.2) is 0 Å². The molecule has 0 saturated heterocycles. The lowest BCUT2D eigenvalue weighted by atomic mass is 10.1. The lowest BCUT2D eigenvalue weighted by molar-refractivity contribution is -0.385. The molecule has 0 amide bonds. The summed E-state index contributed by atoms with van der Waals surface area (Å²) in [5, 5.41) is 11.0. The third-order valence-corrected chi connectivity index (χ3v) is 3.60. The van der Waals surface area contributed by atoms with Crippen molar-refractivity contribution in [1.29, 1.82) is 0 Å². The molecule has 0 aliphatic carbocycles. The molecule has 0 saturated carbocycles. The van der Waals surface area contributed by atoms with Crippen LogP contribution in [0.25, 0.3) is 6.08 Å². The minimum atomic E-state index is -2.98. The van der Waals surface area contributed by atoms with Crippen LogP contribution >= 0.6 is 0 Å². The number of ketones is 1. The quantitative estimate of drug-likeness (QED) is 0.286. The number of hydrogen-bond acceptors (Lipinski definition) is 5. The maximum Gasteiger partial charge on any atom is 0.387 e. The van der Waals surface area contributed by atoms with Crippen LogP contribution in [0.1, 0.15) is 28.4 Å².